The average molecular weight is 357 g/mol. The second kappa shape index (κ2) is 7.12. The summed E-state index contributed by atoms with van der Waals surface area (Å²) in [7, 11) is 0. The van der Waals surface area contributed by atoms with E-state index >= 15 is 0 Å². The molecule has 1 radical (unpaired) electrons. The van der Waals surface area contributed by atoms with Crippen molar-refractivity contribution < 1.29 is 47.5 Å². The Morgan fingerprint density at radius 3 is 1.43 bits per heavy atom. The van der Waals surface area contributed by atoms with Crippen molar-refractivity contribution >= 4 is 0 Å². The average Bonchev–Trinajstić information content (AvgIpc) is 3.04. The molecule has 0 aliphatic heterocycles. The Bertz CT molecular complexity index is 466. The van der Waals surface area contributed by atoms with Crippen LogP contribution >= 0.6 is 0 Å². The summed E-state index contributed by atoms with van der Waals surface area (Å²) >= 11 is 0. The van der Waals surface area contributed by atoms with E-state index in [0.29, 0.717) is 12.1 Å². The van der Waals surface area contributed by atoms with Gasteiger partial charge in [0.1, 0.15) is 0 Å². The first-order valence-corrected chi connectivity index (χ1v) is 5.32. The standard InChI is InChI=1S/C8H4F7.C5H5.Co/c9-6(10,5-3-1-2-4-5)7(11,12)8(13,14)15;1-2-4-5-3-1;/h1-4H;1-5H;/q2*-1;+2. The van der Waals surface area contributed by atoms with Crippen molar-refractivity contribution in [3.8, 4) is 0 Å². The van der Waals surface area contributed by atoms with E-state index in [4.69, 9.17) is 0 Å². The predicted molar refractivity (Wildman–Crippen MR) is 59.0 cm³/mol. The fourth-order valence-corrected chi connectivity index (χ4v) is 1.26. The largest absolute Gasteiger partial charge is 2.00 e. The van der Waals surface area contributed by atoms with Gasteiger partial charge in [-0.05, 0) is 0 Å². The van der Waals surface area contributed by atoms with Crippen LogP contribution in [0.1, 0.15) is 5.56 Å². The second-order valence-corrected chi connectivity index (χ2v) is 3.78. The molecule has 119 valence electrons. The molecule has 0 saturated heterocycles. The summed E-state index contributed by atoms with van der Waals surface area (Å²) in [5.74, 6) is -11.3. The van der Waals surface area contributed by atoms with Crippen molar-refractivity contribution in [2.45, 2.75) is 18.0 Å². The molecule has 0 spiro atoms. The maximum Gasteiger partial charge on any atom is 2.00 e. The van der Waals surface area contributed by atoms with E-state index in [1.807, 2.05) is 30.3 Å². The summed E-state index contributed by atoms with van der Waals surface area (Å²) in [6, 6.07) is 12.9. The maximum absolute atomic E-state index is 12.8. The van der Waals surface area contributed by atoms with Gasteiger partial charge >= 0.3 is 34.8 Å². The maximum atomic E-state index is 12.8. The van der Waals surface area contributed by atoms with Gasteiger partial charge in [-0.1, -0.05) is 5.56 Å². The summed E-state index contributed by atoms with van der Waals surface area (Å²) in [6.07, 6.45) is -6.28. The Balaban J connectivity index is 0.000000562. The molecule has 21 heavy (non-hydrogen) atoms. The molecule has 0 bridgehead atoms. The van der Waals surface area contributed by atoms with Crippen LogP contribution in [0.15, 0.2) is 54.6 Å². The number of alkyl halides is 7. The van der Waals surface area contributed by atoms with Crippen LogP contribution in [0, 0.1) is 0 Å². The van der Waals surface area contributed by atoms with Gasteiger partial charge in [0, 0.05) is 0 Å². The van der Waals surface area contributed by atoms with Gasteiger partial charge in [0.25, 0.3) is 0 Å². The van der Waals surface area contributed by atoms with Crippen LogP contribution in [-0.2, 0) is 22.7 Å². The third-order valence-corrected chi connectivity index (χ3v) is 2.33. The van der Waals surface area contributed by atoms with Crippen molar-refractivity contribution in [3.05, 3.63) is 60.2 Å². The first kappa shape index (κ1) is 19.7. The minimum atomic E-state index is -6.28. The zero-order chi connectivity index (χ0) is 15.4. The normalized spacial score (nSPS) is 12.1. The molecule has 0 aliphatic rings. The summed E-state index contributed by atoms with van der Waals surface area (Å²) in [4.78, 5) is 0. The first-order valence-electron chi connectivity index (χ1n) is 5.32. The molecule has 0 unspecified atom stereocenters. The Hall–Kier alpha value is -1.28. The van der Waals surface area contributed by atoms with E-state index in [0.717, 1.165) is 12.1 Å². The number of rotatable bonds is 2. The van der Waals surface area contributed by atoms with Crippen molar-refractivity contribution in [2.75, 3.05) is 0 Å². The van der Waals surface area contributed by atoms with E-state index in [1.165, 1.54) is 0 Å². The van der Waals surface area contributed by atoms with Gasteiger partial charge in [-0.2, -0.15) is 52.3 Å². The molecule has 8 heteroatoms. The topological polar surface area (TPSA) is 0 Å². The molecule has 0 aliphatic carbocycles. The molecule has 0 saturated carbocycles. The van der Waals surface area contributed by atoms with Gasteiger partial charge in [0.2, 0.25) is 0 Å². The van der Waals surface area contributed by atoms with Crippen LogP contribution in [0.2, 0.25) is 0 Å². The van der Waals surface area contributed by atoms with Gasteiger partial charge in [-0.15, -0.1) is 0 Å². The monoisotopic (exact) mass is 357 g/mol. The number of halogens is 7. The molecule has 2 aromatic rings. The third-order valence-electron chi connectivity index (χ3n) is 2.33. The van der Waals surface area contributed by atoms with Crippen LogP contribution in [0.5, 0.6) is 0 Å². The van der Waals surface area contributed by atoms with Gasteiger partial charge in [0.05, 0.1) is 0 Å². The SMILES string of the molecule is FC(F)(F)C(F)(F)C(F)(F)[c-]1cccc1.[Co+2].c1cc[cH-]c1. The van der Waals surface area contributed by atoms with E-state index < -0.39 is 23.6 Å². The Morgan fingerprint density at radius 2 is 1.14 bits per heavy atom. The summed E-state index contributed by atoms with van der Waals surface area (Å²) in [5, 5.41) is 0. The summed E-state index contributed by atoms with van der Waals surface area (Å²) in [6.45, 7) is 0. The molecule has 0 nitrogen and oxygen atoms in total. The molecule has 0 fully saturated rings. The smallest absolute Gasteiger partial charge is 0.214 e. The molecule has 2 aromatic carbocycles. The van der Waals surface area contributed by atoms with Crippen molar-refractivity contribution in [1.82, 2.24) is 0 Å². The van der Waals surface area contributed by atoms with Crippen molar-refractivity contribution in [3.63, 3.8) is 0 Å². The molecule has 0 heterocycles. The van der Waals surface area contributed by atoms with Gasteiger partial charge < -0.3 is 0 Å². The molecule has 2 rings (SSSR count). The van der Waals surface area contributed by atoms with Crippen molar-refractivity contribution in [2.24, 2.45) is 0 Å². The first-order chi connectivity index (χ1) is 9.11. The van der Waals surface area contributed by atoms with Crippen LogP contribution in [0.25, 0.3) is 0 Å². The van der Waals surface area contributed by atoms with E-state index in [1.54, 1.807) is 0 Å². The Labute approximate surface area is 126 Å². The van der Waals surface area contributed by atoms with Crippen LogP contribution in [-0.4, -0.2) is 12.1 Å². The number of hydrogen-bond acceptors (Lipinski definition) is 0. The van der Waals surface area contributed by atoms with Crippen LogP contribution < -0.4 is 0 Å². The minimum absolute atomic E-state index is 0. The van der Waals surface area contributed by atoms with Gasteiger partial charge in [-0.3, -0.25) is 0 Å². The molecule has 0 atom stereocenters. The zero-order valence-corrected chi connectivity index (χ0v) is 11.2. The fraction of sp³-hybridized carbons (Fsp3) is 0.231. The van der Waals surface area contributed by atoms with Crippen LogP contribution in [0.4, 0.5) is 30.7 Å². The molecule has 0 aromatic heterocycles. The quantitative estimate of drug-likeness (QED) is 0.518. The fourth-order valence-electron chi connectivity index (χ4n) is 1.26. The molecular weight excluding hydrogens is 348 g/mol. The Morgan fingerprint density at radius 1 is 0.714 bits per heavy atom. The molecular formula is C13H9CoF7. The van der Waals surface area contributed by atoms with E-state index in [-0.39, 0.29) is 16.8 Å². The van der Waals surface area contributed by atoms with Gasteiger partial charge in [-0.25, -0.2) is 33.0 Å². The minimum Gasteiger partial charge on any atom is -0.214 e. The zero-order valence-electron chi connectivity index (χ0n) is 10.2. The van der Waals surface area contributed by atoms with Crippen molar-refractivity contribution in [1.29, 1.82) is 0 Å². The molecule has 0 N–H and O–H groups in total. The number of hydrogen-bond donors (Lipinski definition) is 0. The van der Waals surface area contributed by atoms with Gasteiger partial charge in [0.15, 0.2) is 0 Å². The van der Waals surface area contributed by atoms with E-state index in [2.05, 4.69) is 0 Å². The van der Waals surface area contributed by atoms with E-state index in [9.17, 15) is 30.7 Å². The van der Waals surface area contributed by atoms with Crippen LogP contribution in [0.3, 0.4) is 0 Å². The summed E-state index contributed by atoms with van der Waals surface area (Å²) < 4.78 is 85.5. The third kappa shape index (κ3) is 4.34. The molecule has 0 amide bonds. The summed E-state index contributed by atoms with van der Waals surface area (Å²) in [5.41, 5.74) is -1.36. The Kier molecular flexibility index (Phi) is 6.69. The second-order valence-electron chi connectivity index (χ2n) is 3.78. The predicted octanol–water partition coefficient (Wildman–Crippen LogP) is 5.10.